The van der Waals surface area contributed by atoms with E-state index in [2.05, 4.69) is 251 Å². The summed E-state index contributed by atoms with van der Waals surface area (Å²) in [5, 5.41) is 2.69. The lowest BCUT2D eigenvalue weighted by molar-refractivity contribution is 0.332. The van der Waals surface area contributed by atoms with Gasteiger partial charge in [-0.2, -0.15) is 0 Å². The predicted molar refractivity (Wildman–Crippen MR) is 369 cm³/mol. The number of nitrogens with zero attached hydrogens (tertiary/aromatic N) is 3. The molecule has 0 unspecified atom stereocenters. The van der Waals surface area contributed by atoms with Gasteiger partial charge in [-0.05, 0) is 249 Å². The number of benzene rings is 8. The molecule has 0 radical (unpaired) electrons. The van der Waals surface area contributed by atoms with Crippen LogP contribution in [0.5, 0.6) is 0 Å². The Morgan fingerprint density at radius 3 is 1.48 bits per heavy atom. The van der Waals surface area contributed by atoms with Crippen molar-refractivity contribution < 1.29 is 0 Å². The lowest BCUT2D eigenvalue weighted by Gasteiger charge is -2.47. The molecular formula is C80H88BN3S. The summed E-state index contributed by atoms with van der Waals surface area (Å²) in [5.41, 5.74) is 29.2. The standard InChI is InChI=1S/C80H88BN3S/c1-49-22-18-20-26-66(49)83-69-46-57-56-25-19-21-27-72(56)85-73(57)48-65(69)81-64-33-30-55(82(53-28-31-58-61(43-53)78(9,10)36-34-75(58,3)4)54-29-32-59-62(44-54)79(11,12)37-35-76(59,5)6)45-68(64)84(71-42-52(41-70(83)74(71)81)51-23-16-15-17-24-51)67-47-63-60(40-50(67)2)77(7,8)38-39-80(63,13)14/h18-22,25-33,40-48,51H,15-17,23-24,34-39H2,1-14H3. The normalized spacial score (nSPS) is 20.0. The molecule has 3 nitrogen and oxygen atoms in total. The van der Waals surface area contributed by atoms with E-state index in [1.807, 2.05) is 11.3 Å². The third kappa shape index (κ3) is 8.52. The van der Waals surface area contributed by atoms with Gasteiger partial charge in [0.2, 0.25) is 0 Å². The van der Waals surface area contributed by atoms with Gasteiger partial charge in [0.15, 0.2) is 0 Å². The molecule has 0 bridgehead atoms. The molecule has 15 rings (SSSR count). The quantitative estimate of drug-likeness (QED) is 0.154. The van der Waals surface area contributed by atoms with Crippen molar-refractivity contribution in [1.29, 1.82) is 0 Å². The second-order valence-corrected chi connectivity index (χ2v) is 32.3. The molecule has 1 saturated carbocycles. The maximum atomic E-state index is 2.81. The Kier molecular flexibility index (Phi) is 12.3. The van der Waals surface area contributed by atoms with Crippen molar-refractivity contribution in [2.24, 2.45) is 0 Å². The first kappa shape index (κ1) is 55.1. The number of anilines is 9. The van der Waals surface area contributed by atoms with Crippen LogP contribution in [0.25, 0.3) is 20.2 Å². The van der Waals surface area contributed by atoms with Gasteiger partial charge >= 0.3 is 0 Å². The number of thiophene rings is 1. The Morgan fingerprint density at radius 1 is 0.388 bits per heavy atom. The maximum absolute atomic E-state index is 2.81. The highest BCUT2D eigenvalue weighted by atomic mass is 32.1. The molecule has 85 heavy (non-hydrogen) atoms. The molecule has 5 heteroatoms. The Labute approximate surface area is 513 Å². The summed E-state index contributed by atoms with van der Waals surface area (Å²) >= 11 is 1.95. The van der Waals surface area contributed by atoms with E-state index in [-0.39, 0.29) is 39.2 Å². The summed E-state index contributed by atoms with van der Waals surface area (Å²) in [5.74, 6) is 0.489. The zero-order chi connectivity index (χ0) is 59.1. The number of hydrogen-bond donors (Lipinski definition) is 0. The van der Waals surface area contributed by atoms with Gasteiger partial charge in [-0.25, -0.2) is 0 Å². The molecule has 4 aliphatic carbocycles. The van der Waals surface area contributed by atoms with Crippen molar-refractivity contribution in [1.82, 2.24) is 0 Å². The lowest BCUT2D eigenvalue weighted by Crippen LogP contribution is -2.61. The van der Waals surface area contributed by atoms with Gasteiger partial charge in [-0.3, -0.25) is 0 Å². The van der Waals surface area contributed by atoms with Gasteiger partial charge in [-0.1, -0.05) is 163 Å². The van der Waals surface area contributed by atoms with Crippen molar-refractivity contribution in [2.45, 2.75) is 206 Å². The Bertz CT molecular complexity index is 4170. The Morgan fingerprint density at radius 2 is 0.882 bits per heavy atom. The molecule has 9 aromatic rings. The van der Waals surface area contributed by atoms with E-state index in [0.29, 0.717) is 5.92 Å². The van der Waals surface area contributed by atoms with Gasteiger partial charge in [0.25, 0.3) is 6.71 Å². The van der Waals surface area contributed by atoms with Crippen molar-refractivity contribution in [3.63, 3.8) is 0 Å². The van der Waals surface area contributed by atoms with Gasteiger partial charge < -0.3 is 14.7 Å². The third-order valence-electron chi connectivity index (χ3n) is 22.9. The average molecular weight is 1130 g/mol. The van der Waals surface area contributed by atoms with Crippen LogP contribution < -0.4 is 31.1 Å². The number of rotatable bonds is 6. The summed E-state index contributed by atoms with van der Waals surface area (Å²) in [7, 11) is 0. The highest BCUT2D eigenvalue weighted by molar-refractivity contribution is 7.26. The lowest BCUT2D eigenvalue weighted by atomic mass is 9.33. The van der Waals surface area contributed by atoms with Gasteiger partial charge in [0.1, 0.15) is 0 Å². The second-order valence-electron chi connectivity index (χ2n) is 31.2. The summed E-state index contributed by atoms with van der Waals surface area (Å²) < 4.78 is 2.70. The number of hydrogen-bond acceptors (Lipinski definition) is 4. The smallest absolute Gasteiger partial charge is 0.252 e. The van der Waals surface area contributed by atoms with Crippen LogP contribution in [-0.2, 0) is 32.5 Å². The highest BCUT2D eigenvalue weighted by Crippen LogP contribution is 2.56. The molecule has 0 atom stereocenters. The largest absolute Gasteiger partial charge is 0.311 e. The molecule has 432 valence electrons. The van der Waals surface area contributed by atoms with E-state index in [9.17, 15) is 0 Å². The molecular weight excluding hydrogens is 1050 g/mol. The molecule has 6 aliphatic rings. The van der Waals surface area contributed by atoms with Crippen LogP contribution in [0.1, 0.15) is 210 Å². The topological polar surface area (TPSA) is 9.72 Å². The van der Waals surface area contributed by atoms with Crippen molar-refractivity contribution in [3.8, 4) is 0 Å². The molecule has 0 saturated heterocycles. The minimum atomic E-state index is -0.0177. The summed E-state index contributed by atoms with van der Waals surface area (Å²) in [6.45, 7) is 34.5. The van der Waals surface area contributed by atoms with E-state index in [1.54, 1.807) is 0 Å². The van der Waals surface area contributed by atoms with Crippen LogP contribution >= 0.6 is 11.3 Å². The first-order chi connectivity index (χ1) is 40.4. The molecule has 1 aromatic heterocycles. The number of fused-ring (bicyclic) bond motifs is 10. The van der Waals surface area contributed by atoms with Crippen LogP contribution in [0.4, 0.5) is 51.2 Å². The minimum absolute atomic E-state index is 0.0177. The Balaban J connectivity index is 1.06. The highest BCUT2D eigenvalue weighted by Gasteiger charge is 2.47. The van der Waals surface area contributed by atoms with E-state index >= 15 is 0 Å². The van der Waals surface area contributed by atoms with Crippen LogP contribution in [-0.4, -0.2) is 6.71 Å². The van der Waals surface area contributed by atoms with Crippen molar-refractivity contribution >= 4 is 106 Å². The molecule has 1 fully saturated rings. The first-order valence-electron chi connectivity index (χ1n) is 32.6. The van der Waals surface area contributed by atoms with Crippen molar-refractivity contribution in [2.75, 3.05) is 14.7 Å². The molecule has 3 heterocycles. The monoisotopic (exact) mass is 1130 g/mol. The van der Waals surface area contributed by atoms with Crippen molar-refractivity contribution in [3.05, 3.63) is 190 Å². The number of para-hydroxylation sites is 1. The van der Waals surface area contributed by atoms with Crippen LogP contribution in [0, 0.1) is 13.8 Å². The average Bonchev–Trinajstić information content (AvgIpc) is 1.32. The predicted octanol–water partition coefficient (Wildman–Crippen LogP) is 21.3. The molecule has 0 spiro atoms. The van der Waals surface area contributed by atoms with Crippen LogP contribution in [0.3, 0.4) is 0 Å². The van der Waals surface area contributed by atoms with Crippen LogP contribution in [0.15, 0.2) is 140 Å². The van der Waals surface area contributed by atoms with Gasteiger partial charge in [-0.15, -0.1) is 11.3 Å². The summed E-state index contributed by atoms with van der Waals surface area (Å²) in [4.78, 5) is 8.18. The zero-order valence-corrected chi connectivity index (χ0v) is 54.3. The van der Waals surface area contributed by atoms with E-state index in [0.717, 1.165) is 6.42 Å². The second kappa shape index (κ2) is 19.0. The third-order valence-corrected chi connectivity index (χ3v) is 24.0. The minimum Gasteiger partial charge on any atom is -0.311 e. The zero-order valence-electron chi connectivity index (χ0n) is 53.5. The van der Waals surface area contributed by atoms with Gasteiger partial charge in [0, 0.05) is 71.4 Å². The van der Waals surface area contributed by atoms with E-state index in [4.69, 9.17) is 0 Å². The van der Waals surface area contributed by atoms with Crippen LogP contribution in [0.2, 0.25) is 0 Å². The van der Waals surface area contributed by atoms with E-state index in [1.165, 1.54) is 202 Å². The molecule has 0 amide bonds. The molecule has 8 aromatic carbocycles. The summed E-state index contributed by atoms with van der Waals surface area (Å²) in [6, 6.07) is 57.1. The molecule has 0 N–H and O–H groups in total. The first-order valence-corrected chi connectivity index (χ1v) is 33.4. The number of aryl methyl sites for hydroxylation is 2. The fourth-order valence-electron chi connectivity index (χ4n) is 17.2. The fraction of sp³-hybridized carbons (Fsp3) is 0.400. The molecule has 2 aliphatic heterocycles. The Hall–Kier alpha value is -6.56. The van der Waals surface area contributed by atoms with Gasteiger partial charge in [0.05, 0.1) is 0 Å². The SMILES string of the molecule is Cc1ccccc1N1c2cc3c(cc2B2c4ccc(N(c5ccc6c(c5)C(C)(C)CCC6(C)C)c5ccc6c(c5)C(C)(C)CCC6(C)C)cc4N(c4cc5c(cc4C)C(C)(C)CCC5(C)C)c4cc(C5CCCCC5)cc1c42)sc1ccccc13. The maximum Gasteiger partial charge on any atom is 0.252 e. The fourth-order valence-corrected chi connectivity index (χ4v) is 18.3. The summed E-state index contributed by atoms with van der Waals surface area (Å²) in [6.07, 6.45) is 13.4. The van der Waals surface area contributed by atoms with E-state index < -0.39 is 0 Å².